The summed E-state index contributed by atoms with van der Waals surface area (Å²) in [4.78, 5) is 32.6. The number of fused-ring (bicyclic) bond motifs is 1. The minimum atomic E-state index is -0.323. The number of anilines is 2. The van der Waals surface area contributed by atoms with Crippen molar-refractivity contribution >= 4 is 23.1 Å². The number of benzene rings is 2. The Morgan fingerprint density at radius 1 is 1.03 bits per heavy atom. The third-order valence-electron chi connectivity index (χ3n) is 6.14. The molecular weight excluding hydrogens is 450 g/mol. The van der Waals surface area contributed by atoms with Gasteiger partial charge in [0.15, 0.2) is 11.5 Å². The third-order valence-corrected chi connectivity index (χ3v) is 6.14. The van der Waals surface area contributed by atoms with E-state index in [2.05, 4.69) is 20.1 Å². The minimum Gasteiger partial charge on any atom is -0.454 e. The molecule has 1 aromatic heterocycles. The number of ether oxygens (including phenoxy) is 2. The van der Waals surface area contributed by atoms with Crippen LogP contribution in [0, 0.1) is 10.1 Å². The summed E-state index contributed by atoms with van der Waals surface area (Å²) in [6.45, 7) is 3.93. The molecule has 2 aromatic carbocycles. The van der Waals surface area contributed by atoms with Gasteiger partial charge >= 0.3 is 0 Å². The van der Waals surface area contributed by atoms with Gasteiger partial charge in [-0.1, -0.05) is 18.2 Å². The summed E-state index contributed by atoms with van der Waals surface area (Å²) >= 11 is 0. The van der Waals surface area contributed by atoms with Gasteiger partial charge in [0.2, 0.25) is 6.79 Å². The van der Waals surface area contributed by atoms with Crippen molar-refractivity contribution < 1.29 is 19.2 Å². The van der Waals surface area contributed by atoms with E-state index in [0.29, 0.717) is 29.3 Å². The molecule has 180 valence electrons. The average molecular weight is 476 g/mol. The lowest BCUT2D eigenvalue weighted by atomic mass is 10.1. The number of aromatic nitrogens is 1. The number of nitrogens with one attached hydrogen (secondary N) is 1. The molecule has 0 radical (unpaired) electrons. The van der Waals surface area contributed by atoms with E-state index < -0.39 is 0 Å². The van der Waals surface area contributed by atoms with Crippen LogP contribution in [0.25, 0.3) is 0 Å². The lowest BCUT2D eigenvalue weighted by Gasteiger charge is -2.23. The van der Waals surface area contributed by atoms with E-state index in [9.17, 15) is 14.9 Å². The second kappa shape index (κ2) is 9.98. The first-order valence-corrected chi connectivity index (χ1v) is 11.4. The van der Waals surface area contributed by atoms with E-state index in [-0.39, 0.29) is 23.3 Å². The van der Waals surface area contributed by atoms with Crippen molar-refractivity contribution in [1.82, 2.24) is 9.88 Å². The Kier molecular flexibility index (Phi) is 6.44. The fourth-order valence-electron chi connectivity index (χ4n) is 4.31. The summed E-state index contributed by atoms with van der Waals surface area (Å²) in [7, 11) is 0. The second-order valence-corrected chi connectivity index (χ2v) is 8.43. The Balaban J connectivity index is 1.18. The zero-order valence-electron chi connectivity index (χ0n) is 19.1. The molecular formula is C25H25N5O5. The maximum atomic E-state index is 12.6. The molecule has 2 aliphatic heterocycles. The molecule has 10 nitrogen and oxygen atoms in total. The molecule has 2 aliphatic rings. The Hall–Kier alpha value is -4.18. The van der Waals surface area contributed by atoms with E-state index in [4.69, 9.17) is 9.47 Å². The summed E-state index contributed by atoms with van der Waals surface area (Å²) in [5, 5.41) is 14.2. The minimum absolute atomic E-state index is 0.159. The van der Waals surface area contributed by atoms with Crippen LogP contribution >= 0.6 is 0 Å². The van der Waals surface area contributed by atoms with Gasteiger partial charge < -0.3 is 19.7 Å². The SMILES string of the molecule is O=C(Nc1ccc(N2CCCN(Cc3ccccc3[N+](=O)[O-])CC2)nc1)c1ccc2c(c1)OCO2. The number of nitro benzene ring substituents is 1. The van der Waals surface area contributed by atoms with Crippen LogP contribution in [0.4, 0.5) is 17.2 Å². The van der Waals surface area contributed by atoms with Crippen LogP contribution in [0.2, 0.25) is 0 Å². The normalized spacial score (nSPS) is 15.5. The molecule has 3 aromatic rings. The number of rotatable bonds is 6. The van der Waals surface area contributed by atoms with Crippen LogP contribution < -0.4 is 19.7 Å². The zero-order chi connectivity index (χ0) is 24.2. The van der Waals surface area contributed by atoms with Crippen LogP contribution in [0.5, 0.6) is 11.5 Å². The van der Waals surface area contributed by atoms with Gasteiger partial charge in [-0.2, -0.15) is 0 Å². The van der Waals surface area contributed by atoms with Crippen molar-refractivity contribution in [2.24, 2.45) is 0 Å². The van der Waals surface area contributed by atoms with Crippen molar-refractivity contribution in [2.45, 2.75) is 13.0 Å². The van der Waals surface area contributed by atoms with Gasteiger partial charge in [-0.25, -0.2) is 4.98 Å². The first-order chi connectivity index (χ1) is 17.1. The van der Waals surface area contributed by atoms with Gasteiger partial charge in [0.1, 0.15) is 5.82 Å². The van der Waals surface area contributed by atoms with Crippen LogP contribution in [0.15, 0.2) is 60.8 Å². The highest BCUT2D eigenvalue weighted by atomic mass is 16.7. The number of hydrogen-bond donors (Lipinski definition) is 1. The van der Waals surface area contributed by atoms with Crippen molar-refractivity contribution in [3.8, 4) is 11.5 Å². The Morgan fingerprint density at radius 3 is 2.71 bits per heavy atom. The number of amides is 1. The van der Waals surface area contributed by atoms with Gasteiger partial charge in [0.05, 0.1) is 16.8 Å². The average Bonchev–Trinajstić information content (AvgIpc) is 3.22. The maximum Gasteiger partial charge on any atom is 0.273 e. The van der Waals surface area contributed by atoms with Gasteiger partial charge in [-0.3, -0.25) is 19.8 Å². The first kappa shape index (κ1) is 22.6. The smallest absolute Gasteiger partial charge is 0.273 e. The van der Waals surface area contributed by atoms with Crippen LogP contribution in [0.1, 0.15) is 22.3 Å². The number of nitro groups is 1. The molecule has 35 heavy (non-hydrogen) atoms. The number of para-hydroxylation sites is 1. The highest BCUT2D eigenvalue weighted by Gasteiger charge is 2.20. The van der Waals surface area contributed by atoms with E-state index in [1.807, 2.05) is 24.3 Å². The van der Waals surface area contributed by atoms with Gasteiger partial charge in [-0.05, 0) is 36.8 Å². The summed E-state index contributed by atoms with van der Waals surface area (Å²) in [6.07, 6.45) is 2.57. The number of carbonyl (C=O) groups excluding carboxylic acids is 1. The Bertz CT molecular complexity index is 1230. The molecule has 0 atom stereocenters. The first-order valence-electron chi connectivity index (χ1n) is 11.4. The predicted octanol–water partition coefficient (Wildman–Crippen LogP) is 3.68. The standard InChI is InChI=1S/C25H25N5O5/c31-25(18-6-8-22-23(14-18)35-17-34-22)27-20-7-9-24(26-15-20)29-11-3-10-28(12-13-29)16-19-4-1-2-5-21(19)30(32)33/h1-2,4-9,14-15H,3,10-13,16-17H2,(H,27,31). The molecule has 0 saturated carbocycles. The van der Waals surface area contributed by atoms with Crippen LogP contribution in [0.3, 0.4) is 0 Å². The van der Waals surface area contributed by atoms with E-state index in [0.717, 1.165) is 44.0 Å². The van der Waals surface area contributed by atoms with E-state index >= 15 is 0 Å². The maximum absolute atomic E-state index is 12.6. The molecule has 1 fully saturated rings. The van der Waals surface area contributed by atoms with Gasteiger partial charge in [0.25, 0.3) is 11.6 Å². The van der Waals surface area contributed by atoms with E-state index in [1.54, 1.807) is 36.5 Å². The fourth-order valence-corrected chi connectivity index (χ4v) is 4.31. The second-order valence-electron chi connectivity index (χ2n) is 8.43. The molecule has 0 spiro atoms. The summed E-state index contributed by atoms with van der Waals surface area (Å²) in [6, 6.07) is 15.7. The van der Waals surface area contributed by atoms with Crippen LogP contribution in [-0.4, -0.2) is 53.7 Å². The zero-order valence-corrected chi connectivity index (χ0v) is 19.1. The van der Waals surface area contributed by atoms with Gasteiger partial charge in [-0.15, -0.1) is 0 Å². The molecule has 0 unspecified atom stereocenters. The number of hydrogen-bond acceptors (Lipinski definition) is 8. The Morgan fingerprint density at radius 2 is 1.89 bits per heavy atom. The lowest BCUT2D eigenvalue weighted by Crippen LogP contribution is -2.31. The number of carbonyl (C=O) groups is 1. The van der Waals surface area contributed by atoms with Gasteiger partial charge in [0, 0.05) is 49.9 Å². The van der Waals surface area contributed by atoms with Crippen molar-refractivity contribution in [2.75, 3.05) is 43.2 Å². The molecule has 0 aliphatic carbocycles. The van der Waals surface area contributed by atoms with Crippen molar-refractivity contribution in [3.63, 3.8) is 0 Å². The third kappa shape index (κ3) is 5.17. The topological polar surface area (TPSA) is 110 Å². The molecule has 5 rings (SSSR count). The summed E-state index contributed by atoms with van der Waals surface area (Å²) < 4.78 is 10.6. The number of pyridine rings is 1. The predicted molar refractivity (Wildman–Crippen MR) is 130 cm³/mol. The monoisotopic (exact) mass is 475 g/mol. The fraction of sp³-hybridized carbons (Fsp3) is 0.280. The summed E-state index contributed by atoms with van der Waals surface area (Å²) in [5.74, 6) is 1.77. The molecule has 0 bridgehead atoms. The molecule has 1 amide bonds. The molecule has 1 saturated heterocycles. The Labute approximate surface area is 202 Å². The quantitative estimate of drug-likeness (QED) is 0.425. The summed E-state index contributed by atoms with van der Waals surface area (Å²) in [5.41, 5.74) is 1.97. The lowest BCUT2D eigenvalue weighted by molar-refractivity contribution is -0.385. The highest BCUT2D eigenvalue weighted by Crippen LogP contribution is 2.32. The largest absolute Gasteiger partial charge is 0.454 e. The molecule has 10 heteroatoms. The van der Waals surface area contributed by atoms with Crippen molar-refractivity contribution in [3.05, 3.63) is 82.0 Å². The molecule has 3 heterocycles. The van der Waals surface area contributed by atoms with Crippen molar-refractivity contribution in [1.29, 1.82) is 0 Å². The number of nitrogens with zero attached hydrogens (tertiary/aromatic N) is 4. The van der Waals surface area contributed by atoms with E-state index in [1.165, 1.54) is 0 Å². The van der Waals surface area contributed by atoms with Crippen LogP contribution in [-0.2, 0) is 6.54 Å². The highest BCUT2D eigenvalue weighted by molar-refractivity contribution is 6.04. The molecule has 1 N–H and O–H groups in total.